The molecule has 1 aliphatic carbocycles. The Labute approximate surface area is 92.3 Å². The molecule has 1 aliphatic rings. The van der Waals surface area contributed by atoms with Gasteiger partial charge in [-0.1, -0.05) is 32.6 Å². The van der Waals surface area contributed by atoms with Gasteiger partial charge in [-0.05, 0) is 19.3 Å². The van der Waals surface area contributed by atoms with Crippen LogP contribution in [-0.4, -0.2) is 23.2 Å². The van der Waals surface area contributed by atoms with E-state index in [2.05, 4.69) is 12.2 Å². The fourth-order valence-electron chi connectivity index (χ4n) is 2.31. The van der Waals surface area contributed by atoms with Gasteiger partial charge in [0.1, 0.15) is 0 Å². The first-order valence-corrected chi connectivity index (χ1v) is 6.20. The minimum atomic E-state index is -0.692. The Hall–Kier alpha value is -0.570. The second-order valence-electron chi connectivity index (χ2n) is 4.56. The van der Waals surface area contributed by atoms with Gasteiger partial charge in [0, 0.05) is 12.1 Å². The largest absolute Gasteiger partial charge is 0.481 e. The predicted octanol–water partition coefficient (Wildman–Crippen LogP) is 2.55. The van der Waals surface area contributed by atoms with E-state index in [1.807, 2.05) is 0 Å². The van der Waals surface area contributed by atoms with Crippen molar-refractivity contribution in [1.29, 1.82) is 0 Å². The highest BCUT2D eigenvalue weighted by atomic mass is 16.4. The Morgan fingerprint density at radius 3 is 2.40 bits per heavy atom. The van der Waals surface area contributed by atoms with Crippen molar-refractivity contribution < 1.29 is 9.90 Å². The molecule has 0 spiro atoms. The minimum absolute atomic E-state index is 0.158. The predicted molar refractivity (Wildman–Crippen MR) is 61.0 cm³/mol. The molecule has 0 aromatic heterocycles. The van der Waals surface area contributed by atoms with Crippen molar-refractivity contribution in [2.24, 2.45) is 0 Å². The number of carbonyl (C=O) groups is 1. The second kappa shape index (κ2) is 6.83. The van der Waals surface area contributed by atoms with E-state index in [9.17, 15) is 4.79 Å². The number of aliphatic carboxylic acids is 1. The maximum Gasteiger partial charge on any atom is 0.304 e. The Bertz CT molecular complexity index is 186. The second-order valence-corrected chi connectivity index (χ2v) is 4.56. The molecule has 0 amide bonds. The van der Waals surface area contributed by atoms with Crippen molar-refractivity contribution in [3.05, 3.63) is 0 Å². The summed E-state index contributed by atoms with van der Waals surface area (Å²) in [5, 5.41) is 12.3. The number of hydrogen-bond acceptors (Lipinski definition) is 2. The molecule has 1 unspecified atom stereocenters. The van der Waals surface area contributed by atoms with Gasteiger partial charge in [0.2, 0.25) is 0 Å². The van der Waals surface area contributed by atoms with Crippen LogP contribution < -0.4 is 5.32 Å². The molecule has 0 aliphatic heterocycles. The zero-order valence-electron chi connectivity index (χ0n) is 9.67. The first-order valence-electron chi connectivity index (χ1n) is 6.20. The molecule has 0 heterocycles. The van der Waals surface area contributed by atoms with Crippen molar-refractivity contribution in [3.63, 3.8) is 0 Å². The average molecular weight is 213 g/mol. The molecular formula is C12H23NO2. The van der Waals surface area contributed by atoms with Crippen LogP contribution >= 0.6 is 0 Å². The van der Waals surface area contributed by atoms with Gasteiger partial charge in [-0.25, -0.2) is 0 Å². The lowest BCUT2D eigenvalue weighted by atomic mass is 10.1. The first kappa shape index (κ1) is 12.5. The molecule has 0 radical (unpaired) electrons. The third-order valence-electron chi connectivity index (χ3n) is 3.24. The van der Waals surface area contributed by atoms with E-state index < -0.39 is 5.97 Å². The van der Waals surface area contributed by atoms with Crippen molar-refractivity contribution in [1.82, 2.24) is 5.32 Å². The van der Waals surface area contributed by atoms with Gasteiger partial charge in [0.05, 0.1) is 6.42 Å². The summed E-state index contributed by atoms with van der Waals surface area (Å²) < 4.78 is 0. The summed E-state index contributed by atoms with van der Waals surface area (Å²) in [7, 11) is 0. The number of rotatable bonds is 5. The van der Waals surface area contributed by atoms with Gasteiger partial charge >= 0.3 is 5.97 Å². The standard InChI is InChI=1S/C12H23NO2/c1-2-10(9-12(14)15)13-11-7-5-3-4-6-8-11/h10-11,13H,2-9H2,1H3,(H,14,15). The Morgan fingerprint density at radius 1 is 1.33 bits per heavy atom. The van der Waals surface area contributed by atoms with Crippen LogP contribution in [0.1, 0.15) is 58.3 Å². The lowest BCUT2D eigenvalue weighted by Gasteiger charge is -2.22. The third kappa shape index (κ3) is 5.17. The Kier molecular flexibility index (Phi) is 5.69. The van der Waals surface area contributed by atoms with Gasteiger partial charge in [-0.3, -0.25) is 4.79 Å². The van der Waals surface area contributed by atoms with Crippen LogP contribution in [0.3, 0.4) is 0 Å². The van der Waals surface area contributed by atoms with Crippen LogP contribution in [0.4, 0.5) is 0 Å². The van der Waals surface area contributed by atoms with Crippen LogP contribution in [0.25, 0.3) is 0 Å². The van der Waals surface area contributed by atoms with Crippen molar-refractivity contribution in [2.45, 2.75) is 70.4 Å². The summed E-state index contributed by atoms with van der Waals surface area (Å²) in [4.78, 5) is 10.6. The van der Waals surface area contributed by atoms with Crippen molar-refractivity contribution >= 4 is 5.97 Å². The number of hydrogen-bond donors (Lipinski definition) is 2. The molecule has 1 saturated carbocycles. The van der Waals surface area contributed by atoms with Crippen molar-refractivity contribution in [3.8, 4) is 0 Å². The molecule has 1 rings (SSSR count). The summed E-state index contributed by atoms with van der Waals surface area (Å²) in [6.45, 7) is 2.05. The van der Waals surface area contributed by atoms with Gasteiger partial charge in [-0.15, -0.1) is 0 Å². The minimum Gasteiger partial charge on any atom is -0.481 e. The van der Waals surface area contributed by atoms with Crippen LogP contribution in [0.2, 0.25) is 0 Å². The number of carboxylic acids is 1. The maximum atomic E-state index is 10.6. The van der Waals surface area contributed by atoms with E-state index in [0.717, 1.165) is 6.42 Å². The Morgan fingerprint density at radius 2 is 1.93 bits per heavy atom. The molecule has 0 aromatic carbocycles. The molecule has 3 heteroatoms. The van der Waals surface area contributed by atoms with E-state index in [1.54, 1.807) is 0 Å². The van der Waals surface area contributed by atoms with Gasteiger partial charge in [0.15, 0.2) is 0 Å². The van der Waals surface area contributed by atoms with Crippen molar-refractivity contribution in [2.75, 3.05) is 0 Å². The molecule has 0 aromatic rings. The Balaban J connectivity index is 2.31. The van der Waals surface area contributed by atoms with E-state index in [1.165, 1.54) is 38.5 Å². The number of carboxylic acid groups (broad SMARTS) is 1. The monoisotopic (exact) mass is 213 g/mol. The summed E-state index contributed by atoms with van der Waals surface area (Å²) in [6.07, 6.45) is 8.87. The molecule has 1 atom stereocenters. The highest BCUT2D eigenvalue weighted by molar-refractivity contribution is 5.67. The molecule has 15 heavy (non-hydrogen) atoms. The summed E-state index contributed by atoms with van der Waals surface area (Å²) in [5.74, 6) is -0.692. The normalized spacial score (nSPS) is 20.9. The zero-order valence-corrected chi connectivity index (χ0v) is 9.67. The molecule has 3 nitrogen and oxygen atoms in total. The molecule has 0 saturated heterocycles. The molecule has 88 valence electrons. The smallest absolute Gasteiger partial charge is 0.304 e. The molecule has 1 fully saturated rings. The van der Waals surface area contributed by atoms with Crippen LogP contribution in [0.5, 0.6) is 0 Å². The van der Waals surface area contributed by atoms with Gasteiger partial charge in [0.25, 0.3) is 0 Å². The SMILES string of the molecule is CCC(CC(=O)O)NC1CCCCCC1. The summed E-state index contributed by atoms with van der Waals surface area (Å²) in [5.41, 5.74) is 0. The average Bonchev–Trinajstić information content (AvgIpc) is 2.44. The van der Waals surface area contributed by atoms with E-state index in [-0.39, 0.29) is 12.5 Å². The lowest BCUT2D eigenvalue weighted by Crippen LogP contribution is -2.39. The van der Waals surface area contributed by atoms with Gasteiger partial charge < -0.3 is 10.4 Å². The maximum absolute atomic E-state index is 10.6. The summed E-state index contributed by atoms with van der Waals surface area (Å²) >= 11 is 0. The molecule has 0 bridgehead atoms. The summed E-state index contributed by atoms with van der Waals surface area (Å²) in [6, 6.07) is 0.711. The molecular weight excluding hydrogens is 190 g/mol. The number of nitrogens with one attached hydrogen (secondary N) is 1. The zero-order chi connectivity index (χ0) is 11.1. The molecule has 2 N–H and O–H groups in total. The quantitative estimate of drug-likeness (QED) is 0.690. The topological polar surface area (TPSA) is 49.3 Å². The van der Waals surface area contributed by atoms with E-state index in [4.69, 9.17) is 5.11 Å². The fourth-order valence-corrected chi connectivity index (χ4v) is 2.31. The first-order chi connectivity index (χ1) is 7.22. The van der Waals surface area contributed by atoms with Gasteiger partial charge in [-0.2, -0.15) is 0 Å². The van der Waals surface area contributed by atoms with Crippen LogP contribution in [0.15, 0.2) is 0 Å². The van der Waals surface area contributed by atoms with E-state index >= 15 is 0 Å². The highest BCUT2D eigenvalue weighted by Crippen LogP contribution is 2.18. The van der Waals surface area contributed by atoms with Crippen LogP contribution in [0, 0.1) is 0 Å². The lowest BCUT2D eigenvalue weighted by molar-refractivity contribution is -0.137. The third-order valence-corrected chi connectivity index (χ3v) is 3.24. The fraction of sp³-hybridized carbons (Fsp3) is 0.917. The highest BCUT2D eigenvalue weighted by Gasteiger charge is 2.17. The van der Waals surface area contributed by atoms with Crippen LogP contribution in [-0.2, 0) is 4.79 Å². The van der Waals surface area contributed by atoms with E-state index in [0.29, 0.717) is 6.04 Å².